The molecule has 0 amide bonds. The third kappa shape index (κ3) is 6.06. The minimum absolute atomic E-state index is 0.0531. The van der Waals surface area contributed by atoms with Gasteiger partial charge in [-0.3, -0.25) is 0 Å². The van der Waals surface area contributed by atoms with Gasteiger partial charge in [-0.25, -0.2) is 4.39 Å². The largest absolute Gasteiger partial charge is 0.310 e. The molecule has 0 aliphatic rings. The molecule has 1 atom stereocenters. The van der Waals surface area contributed by atoms with Crippen molar-refractivity contribution >= 4 is 11.6 Å². The quantitative estimate of drug-likeness (QED) is 0.434. The average Bonchev–Trinajstić information content (AvgIpc) is 2.45. The van der Waals surface area contributed by atoms with E-state index in [1.807, 2.05) is 6.08 Å². The number of hydrogen-bond donors (Lipinski definition) is 1. The van der Waals surface area contributed by atoms with Gasteiger partial charge in [0, 0.05) is 16.6 Å². The third-order valence-corrected chi connectivity index (χ3v) is 3.61. The minimum Gasteiger partial charge on any atom is -0.310 e. The Hall–Kier alpha value is -0.860. The van der Waals surface area contributed by atoms with Gasteiger partial charge < -0.3 is 5.32 Å². The summed E-state index contributed by atoms with van der Waals surface area (Å²) in [4.78, 5) is 0. The van der Waals surface area contributed by atoms with Gasteiger partial charge in [-0.15, -0.1) is 6.58 Å². The lowest BCUT2D eigenvalue weighted by atomic mass is 9.99. The van der Waals surface area contributed by atoms with E-state index in [0.717, 1.165) is 45.1 Å². The Morgan fingerprint density at radius 3 is 2.85 bits per heavy atom. The van der Waals surface area contributed by atoms with Crippen molar-refractivity contribution in [2.75, 3.05) is 6.54 Å². The van der Waals surface area contributed by atoms with Crippen molar-refractivity contribution in [3.63, 3.8) is 0 Å². The summed E-state index contributed by atoms with van der Waals surface area (Å²) in [6.07, 6.45) is 8.37. The summed E-state index contributed by atoms with van der Waals surface area (Å²) in [5, 5.41) is 4.02. The SMILES string of the molecule is C=CCCCCCC(NCCC)c1cc(Cl)ccc1F. The fourth-order valence-corrected chi connectivity index (χ4v) is 2.46. The molecule has 0 bridgehead atoms. The van der Waals surface area contributed by atoms with Crippen LogP contribution < -0.4 is 5.32 Å². The second kappa shape index (κ2) is 9.95. The lowest BCUT2D eigenvalue weighted by Crippen LogP contribution is -2.23. The van der Waals surface area contributed by atoms with Crippen LogP contribution in [0.3, 0.4) is 0 Å². The number of benzene rings is 1. The molecule has 112 valence electrons. The van der Waals surface area contributed by atoms with Crippen LogP contribution in [0.2, 0.25) is 5.02 Å². The molecule has 20 heavy (non-hydrogen) atoms. The molecule has 1 rings (SSSR count). The van der Waals surface area contributed by atoms with Crippen LogP contribution in [-0.4, -0.2) is 6.54 Å². The number of rotatable bonds is 10. The standard InChI is InChI=1S/C17H25ClFN/c1-3-5-6-7-8-9-17(20-12-4-2)15-13-14(18)10-11-16(15)19/h3,10-11,13,17,20H,1,4-9,12H2,2H3. The van der Waals surface area contributed by atoms with Gasteiger partial charge in [0.2, 0.25) is 0 Å². The predicted molar refractivity (Wildman–Crippen MR) is 85.7 cm³/mol. The topological polar surface area (TPSA) is 12.0 Å². The Labute approximate surface area is 127 Å². The van der Waals surface area contributed by atoms with Gasteiger partial charge in [-0.1, -0.05) is 37.4 Å². The maximum absolute atomic E-state index is 14.0. The molecule has 0 aliphatic heterocycles. The van der Waals surface area contributed by atoms with E-state index < -0.39 is 0 Å². The van der Waals surface area contributed by atoms with Crippen LogP contribution in [0.25, 0.3) is 0 Å². The van der Waals surface area contributed by atoms with Crippen LogP contribution in [0.1, 0.15) is 57.1 Å². The molecule has 0 fully saturated rings. The maximum Gasteiger partial charge on any atom is 0.128 e. The first-order valence-electron chi connectivity index (χ1n) is 7.48. The van der Waals surface area contributed by atoms with E-state index in [4.69, 9.17) is 11.6 Å². The lowest BCUT2D eigenvalue weighted by Gasteiger charge is -2.20. The van der Waals surface area contributed by atoms with Gasteiger partial charge in [0.25, 0.3) is 0 Å². The molecule has 0 aliphatic carbocycles. The number of nitrogens with one attached hydrogen (secondary N) is 1. The Morgan fingerprint density at radius 1 is 1.35 bits per heavy atom. The van der Waals surface area contributed by atoms with Crippen LogP contribution in [-0.2, 0) is 0 Å². The first kappa shape index (κ1) is 17.2. The Bertz CT molecular complexity index is 406. The minimum atomic E-state index is -0.172. The summed E-state index contributed by atoms with van der Waals surface area (Å²) < 4.78 is 14.0. The number of unbranched alkanes of at least 4 members (excludes halogenated alkanes) is 3. The molecule has 0 aromatic heterocycles. The molecule has 1 aromatic carbocycles. The highest BCUT2D eigenvalue weighted by Crippen LogP contribution is 2.25. The zero-order valence-corrected chi connectivity index (χ0v) is 13.1. The van der Waals surface area contributed by atoms with E-state index >= 15 is 0 Å². The van der Waals surface area contributed by atoms with Crippen LogP contribution in [0.15, 0.2) is 30.9 Å². The molecule has 1 unspecified atom stereocenters. The molecule has 0 heterocycles. The first-order valence-corrected chi connectivity index (χ1v) is 7.86. The zero-order valence-electron chi connectivity index (χ0n) is 12.3. The van der Waals surface area contributed by atoms with Crippen LogP contribution in [0.4, 0.5) is 4.39 Å². The van der Waals surface area contributed by atoms with Gasteiger partial charge >= 0.3 is 0 Å². The number of allylic oxidation sites excluding steroid dienone is 1. The van der Waals surface area contributed by atoms with E-state index in [9.17, 15) is 4.39 Å². The number of hydrogen-bond acceptors (Lipinski definition) is 1. The summed E-state index contributed by atoms with van der Waals surface area (Å²) in [6, 6.07) is 4.85. The van der Waals surface area contributed by atoms with E-state index in [-0.39, 0.29) is 11.9 Å². The monoisotopic (exact) mass is 297 g/mol. The van der Waals surface area contributed by atoms with Crippen molar-refractivity contribution in [3.8, 4) is 0 Å². The molecule has 0 radical (unpaired) electrons. The first-order chi connectivity index (χ1) is 9.69. The van der Waals surface area contributed by atoms with Crippen molar-refractivity contribution in [1.29, 1.82) is 0 Å². The van der Waals surface area contributed by atoms with Gasteiger partial charge in [0.15, 0.2) is 0 Å². The lowest BCUT2D eigenvalue weighted by molar-refractivity contribution is 0.453. The summed E-state index contributed by atoms with van der Waals surface area (Å²) in [5.41, 5.74) is 0.690. The average molecular weight is 298 g/mol. The van der Waals surface area contributed by atoms with Crippen LogP contribution in [0, 0.1) is 5.82 Å². The maximum atomic E-state index is 14.0. The van der Waals surface area contributed by atoms with Crippen molar-refractivity contribution in [2.24, 2.45) is 0 Å². The Morgan fingerprint density at radius 2 is 2.15 bits per heavy atom. The van der Waals surface area contributed by atoms with Crippen molar-refractivity contribution < 1.29 is 4.39 Å². The van der Waals surface area contributed by atoms with E-state index in [2.05, 4.69) is 18.8 Å². The van der Waals surface area contributed by atoms with Gasteiger partial charge in [0.05, 0.1) is 0 Å². The van der Waals surface area contributed by atoms with E-state index in [0.29, 0.717) is 10.6 Å². The van der Waals surface area contributed by atoms with Crippen LogP contribution >= 0.6 is 11.6 Å². The molecule has 1 nitrogen and oxygen atoms in total. The molecule has 3 heteroatoms. The highest BCUT2D eigenvalue weighted by Gasteiger charge is 2.15. The molecule has 0 saturated heterocycles. The van der Waals surface area contributed by atoms with Crippen molar-refractivity contribution in [3.05, 3.63) is 47.3 Å². The third-order valence-electron chi connectivity index (χ3n) is 3.38. The zero-order chi connectivity index (χ0) is 14.8. The fourth-order valence-electron chi connectivity index (χ4n) is 2.28. The Kier molecular flexibility index (Phi) is 8.56. The fraction of sp³-hybridized carbons (Fsp3) is 0.529. The van der Waals surface area contributed by atoms with E-state index in [1.165, 1.54) is 6.07 Å². The van der Waals surface area contributed by atoms with Gasteiger partial charge in [-0.2, -0.15) is 0 Å². The van der Waals surface area contributed by atoms with E-state index in [1.54, 1.807) is 12.1 Å². The summed E-state index contributed by atoms with van der Waals surface area (Å²) in [5.74, 6) is -0.172. The Balaban J connectivity index is 2.62. The molecule has 0 spiro atoms. The van der Waals surface area contributed by atoms with Crippen LogP contribution in [0.5, 0.6) is 0 Å². The molecule has 1 aromatic rings. The highest BCUT2D eigenvalue weighted by atomic mass is 35.5. The molecule has 0 saturated carbocycles. The predicted octanol–water partition coefficient (Wildman–Crippen LogP) is 5.66. The summed E-state index contributed by atoms with van der Waals surface area (Å²) in [6.45, 7) is 6.73. The van der Waals surface area contributed by atoms with Gasteiger partial charge in [-0.05, 0) is 50.4 Å². The second-order valence-corrected chi connectivity index (χ2v) is 5.54. The molecular formula is C17H25ClFN. The molecular weight excluding hydrogens is 273 g/mol. The summed E-state index contributed by atoms with van der Waals surface area (Å²) in [7, 11) is 0. The van der Waals surface area contributed by atoms with Crippen molar-refractivity contribution in [2.45, 2.75) is 51.5 Å². The second-order valence-electron chi connectivity index (χ2n) is 5.10. The smallest absolute Gasteiger partial charge is 0.128 e. The van der Waals surface area contributed by atoms with Gasteiger partial charge in [0.1, 0.15) is 5.82 Å². The number of halogens is 2. The molecule has 1 N–H and O–H groups in total. The normalized spacial score (nSPS) is 12.3. The summed E-state index contributed by atoms with van der Waals surface area (Å²) >= 11 is 5.99. The highest BCUT2D eigenvalue weighted by molar-refractivity contribution is 6.30. The van der Waals surface area contributed by atoms with Crippen molar-refractivity contribution in [1.82, 2.24) is 5.32 Å².